The first-order chi connectivity index (χ1) is 7.49. The molecule has 1 fully saturated rings. The number of rotatable bonds is 5. The summed E-state index contributed by atoms with van der Waals surface area (Å²) in [6.45, 7) is 12.8. The molecule has 0 aromatic rings. The molecule has 0 radical (unpaired) electrons. The van der Waals surface area contributed by atoms with Crippen LogP contribution in [0.4, 0.5) is 0 Å². The Balaban J connectivity index is 2.07. The minimum atomic E-state index is 0.269. The number of hydrogen-bond acceptors (Lipinski definition) is 3. The molecule has 1 saturated heterocycles. The van der Waals surface area contributed by atoms with Gasteiger partial charge in [0.25, 0.3) is 0 Å². The van der Waals surface area contributed by atoms with E-state index in [1.54, 1.807) is 0 Å². The zero-order chi connectivity index (χ0) is 12.0. The van der Waals surface area contributed by atoms with Crippen LogP contribution in [0.1, 0.15) is 40.5 Å². The van der Waals surface area contributed by atoms with Crippen LogP contribution >= 0.6 is 11.8 Å². The van der Waals surface area contributed by atoms with Gasteiger partial charge in [-0.05, 0) is 47.1 Å². The first-order valence-electron chi connectivity index (χ1n) is 6.56. The molecule has 1 heterocycles. The molecule has 1 N–H and O–H groups in total. The average molecular weight is 244 g/mol. The van der Waals surface area contributed by atoms with Gasteiger partial charge in [-0.1, -0.05) is 0 Å². The lowest BCUT2D eigenvalue weighted by molar-refractivity contribution is 0.215. The third-order valence-corrected chi connectivity index (χ3v) is 4.07. The van der Waals surface area contributed by atoms with Crippen LogP contribution in [0, 0.1) is 0 Å². The lowest BCUT2D eigenvalue weighted by Crippen LogP contribution is -2.40. The van der Waals surface area contributed by atoms with Gasteiger partial charge in [-0.2, -0.15) is 11.8 Å². The maximum absolute atomic E-state index is 3.56. The van der Waals surface area contributed by atoms with Crippen molar-refractivity contribution in [2.45, 2.75) is 52.1 Å². The highest BCUT2D eigenvalue weighted by Gasteiger charge is 2.16. The van der Waals surface area contributed by atoms with E-state index in [0.29, 0.717) is 0 Å². The Bertz CT molecular complexity index is 183. The van der Waals surface area contributed by atoms with Gasteiger partial charge in [0.05, 0.1) is 0 Å². The quantitative estimate of drug-likeness (QED) is 0.748. The number of hydrogen-bond donors (Lipinski definition) is 1. The van der Waals surface area contributed by atoms with E-state index in [4.69, 9.17) is 0 Å². The third-order valence-electron chi connectivity index (χ3n) is 3.12. The fourth-order valence-corrected chi connectivity index (χ4v) is 2.99. The monoisotopic (exact) mass is 244 g/mol. The third kappa shape index (κ3) is 6.12. The molecule has 1 atom stereocenters. The Kier molecular flexibility index (Phi) is 6.16. The minimum Gasteiger partial charge on any atom is -0.312 e. The van der Waals surface area contributed by atoms with Crippen molar-refractivity contribution in [2.24, 2.45) is 0 Å². The van der Waals surface area contributed by atoms with Crippen molar-refractivity contribution in [2.75, 3.05) is 31.1 Å². The summed E-state index contributed by atoms with van der Waals surface area (Å²) in [5.74, 6) is 2.65. The summed E-state index contributed by atoms with van der Waals surface area (Å²) in [7, 11) is 0. The smallest absolute Gasteiger partial charge is 0.00965 e. The fraction of sp³-hybridized carbons (Fsp3) is 1.00. The Morgan fingerprint density at radius 1 is 1.25 bits per heavy atom. The molecule has 0 amide bonds. The summed E-state index contributed by atoms with van der Waals surface area (Å²) in [5, 5.41) is 3.56. The van der Waals surface area contributed by atoms with Crippen molar-refractivity contribution in [1.82, 2.24) is 10.2 Å². The normalized spacial score (nSPS) is 21.0. The van der Waals surface area contributed by atoms with E-state index in [2.05, 4.69) is 49.7 Å². The van der Waals surface area contributed by atoms with Crippen LogP contribution in [0.25, 0.3) is 0 Å². The van der Waals surface area contributed by atoms with Gasteiger partial charge in [0.2, 0.25) is 0 Å². The van der Waals surface area contributed by atoms with E-state index < -0.39 is 0 Å². The van der Waals surface area contributed by atoms with Gasteiger partial charge in [-0.3, -0.25) is 4.90 Å². The van der Waals surface area contributed by atoms with Crippen molar-refractivity contribution in [1.29, 1.82) is 0 Å². The van der Waals surface area contributed by atoms with Gasteiger partial charge in [0.1, 0.15) is 0 Å². The van der Waals surface area contributed by atoms with Crippen LogP contribution in [0.5, 0.6) is 0 Å². The van der Waals surface area contributed by atoms with Crippen molar-refractivity contribution < 1.29 is 0 Å². The molecule has 1 rings (SSSR count). The summed E-state index contributed by atoms with van der Waals surface area (Å²) >= 11 is 2.09. The van der Waals surface area contributed by atoms with E-state index in [0.717, 1.165) is 12.6 Å². The molecule has 0 aliphatic carbocycles. The number of nitrogens with zero attached hydrogens (tertiary/aromatic N) is 1. The highest BCUT2D eigenvalue weighted by atomic mass is 32.2. The molecule has 96 valence electrons. The van der Waals surface area contributed by atoms with Gasteiger partial charge >= 0.3 is 0 Å². The summed E-state index contributed by atoms with van der Waals surface area (Å²) in [6, 6.07) is 0.766. The predicted octanol–water partition coefficient (Wildman–Crippen LogP) is 2.59. The summed E-state index contributed by atoms with van der Waals surface area (Å²) in [5.41, 5.74) is 0.269. The molecule has 0 bridgehead atoms. The maximum atomic E-state index is 3.56. The molecule has 2 nitrogen and oxygen atoms in total. The van der Waals surface area contributed by atoms with Crippen molar-refractivity contribution >= 4 is 11.8 Å². The first kappa shape index (κ1) is 14.3. The molecule has 16 heavy (non-hydrogen) atoms. The van der Waals surface area contributed by atoms with Crippen LogP contribution < -0.4 is 5.32 Å². The van der Waals surface area contributed by atoms with E-state index in [9.17, 15) is 0 Å². The predicted molar refractivity (Wildman–Crippen MR) is 75.3 cm³/mol. The summed E-state index contributed by atoms with van der Waals surface area (Å²) in [4.78, 5) is 2.65. The highest BCUT2D eigenvalue weighted by Crippen LogP contribution is 2.14. The standard InChI is InChI=1S/C13H28N2S/c1-12(15-8-10-16-11-9-15)6-5-7-14-13(2,3)4/h12,14H,5-11H2,1-4H3. The lowest BCUT2D eigenvalue weighted by Gasteiger charge is -2.32. The average Bonchev–Trinajstić information content (AvgIpc) is 2.24. The van der Waals surface area contributed by atoms with Crippen LogP contribution in [-0.4, -0.2) is 47.6 Å². The Morgan fingerprint density at radius 2 is 1.88 bits per heavy atom. The topological polar surface area (TPSA) is 15.3 Å². The van der Waals surface area contributed by atoms with Crippen LogP contribution in [0.3, 0.4) is 0 Å². The molecule has 1 unspecified atom stereocenters. The van der Waals surface area contributed by atoms with E-state index in [1.165, 1.54) is 37.4 Å². The van der Waals surface area contributed by atoms with Crippen molar-refractivity contribution in [3.05, 3.63) is 0 Å². The molecular weight excluding hydrogens is 216 g/mol. The Labute approximate surface area is 106 Å². The van der Waals surface area contributed by atoms with Gasteiger partial charge in [-0.15, -0.1) is 0 Å². The largest absolute Gasteiger partial charge is 0.312 e. The van der Waals surface area contributed by atoms with Crippen molar-refractivity contribution in [3.63, 3.8) is 0 Å². The van der Waals surface area contributed by atoms with E-state index >= 15 is 0 Å². The second-order valence-electron chi connectivity index (χ2n) is 5.82. The molecule has 0 aromatic carbocycles. The van der Waals surface area contributed by atoms with Crippen LogP contribution in [-0.2, 0) is 0 Å². The SMILES string of the molecule is CC(CCCNC(C)(C)C)N1CCSCC1. The second-order valence-corrected chi connectivity index (χ2v) is 7.04. The molecule has 1 aliphatic heterocycles. The van der Waals surface area contributed by atoms with Gasteiger partial charge < -0.3 is 5.32 Å². The lowest BCUT2D eigenvalue weighted by atomic mass is 10.1. The number of nitrogens with one attached hydrogen (secondary N) is 1. The fourth-order valence-electron chi connectivity index (χ4n) is 2.06. The molecular formula is C13H28N2S. The Morgan fingerprint density at radius 3 is 2.44 bits per heavy atom. The van der Waals surface area contributed by atoms with Gasteiger partial charge in [0.15, 0.2) is 0 Å². The minimum absolute atomic E-state index is 0.269. The zero-order valence-corrected chi connectivity index (χ0v) is 12.2. The zero-order valence-electron chi connectivity index (χ0n) is 11.4. The molecule has 0 spiro atoms. The maximum Gasteiger partial charge on any atom is 0.00965 e. The van der Waals surface area contributed by atoms with Gasteiger partial charge in [0, 0.05) is 36.2 Å². The summed E-state index contributed by atoms with van der Waals surface area (Å²) < 4.78 is 0. The highest BCUT2D eigenvalue weighted by molar-refractivity contribution is 7.99. The van der Waals surface area contributed by atoms with E-state index in [-0.39, 0.29) is 5.54 Å². The van der Waals surface area contributed by atoms with Crippen LogP contribution in [0.2, 0.25) is 0 Å². The number of thioether (sulfide) groups is 1. The molecule has 3 heteroatoms. The first-order valence-corrected chi connectivity index (χ1v) is 7.71. The second kappa shape index (κ2) is 6.87. The van der Waals surface area contributed by atoms with Crippen LogP contribution in [0.15, 0.2) is 0 Å². The molecule has 0 saturated carbocycles. The Hall–Kier alpha value is 0.270. The molecule has 1 aliphatic rings. The molecule has 0 aromatic heterocycles. The summed E-state index contributed by atoms with van der Waals surface area (Å²) in [6.07, 6.45) is 2.62. The van der Waals surface area contributed by atoms with E-state index in [1.807, 2.05) is 0 Å². The van der Waals surface area contributed by atoms with Gasteiger partial charge in [-0.25, -0.2) is 0 Å². The van der Waals surface area contributed by atoms with Crippen molar-refractivity contribution in [3.8, 4) is 0 Å².